The van der Waals surface area contributed by atoms with Crippen molar-refractivity contribution in [3.8, 4) is 33.4 Å². The van der Waals surface area contributed by atoms with Gasteiger partial charge in [0.1, 0.15) is 0 Å². The quantitative estimate of drug-likeness (QED) is 0.159. The summed E-state index contributed by atoms with van der Waals surface area (Å²) in [5.41, 5.74) is 26.9. The Labute approximate surface area is 440 Å². The molecule has 0 radical (unpaired) electrons. The van der Waals surface area contributed by atoms with E-state index in [-0.39, 0.29) is 44.9 Å². The van der Waals surface area contributed by atoms with E-state index in [9.17, 15) is 0 Å². The molecule has 0 spiro atoms. The first-order chi connectivity index (χ1) is 34.5. The molecule has 14 rings (SSSR count). The van der Waals surface area contributed by atoms with E-state index in [2.05, 4.69) is 222 Å². The Bertz CT molecular complexity index is 3740. The van der Waals surface area contributed by atoms with E-state index in [4.69, 9.17) is 0 Å². The van der Waals surface area contributed by atoms with Crippen LogP contribution in [0.25, 0.3) is 53.6 Å². The van der Waals surface area contributed by atoms with Gasteiger partial charge in [-0.25, -0.2) is 0 Å². The molecule has 1 fully saturated rings. The normalized spacial score (nSPS) is 22.4. The highest BCUT2D eigenvalue weighted by atomic mass is 32.1. The highest BCUT2D eigenvalue weighted by Gasteiger charge is 2.64. The van der Waals surface area contributed by atoms with Crippen molar-refractivity contribution in [3.05, 3.63) is 154 Å². The molecule has 3 aliphatic heterocycles. The van der Waals surface area contributed by atoms with Gasteiger partial charge < -0.3 is 9.71 Å². The number of hydrogen-bond acceptors (Lipinski definition) is 3. The molecule has 4 heteroatoms. The SMILES string of the molecule is CC(C)(C)c1ccc(N2c3cc4sc5ccccc5c4c4c3B(c3ccc5c(c32)C(C)(C)c2cc3c(cc2-5)C(C)(C)CCC3(C)C)N2c3c-4cc(C(C)(C)C)cc3C3(C)CCCCC23C)c(-c2ccccc2)c1. The number of rotatable bonds is 2. The van der Waals surface area contributed by atoms with Crippen LogP contribution in [0.15, 0.2) is 115 Å². The second kappa shape index (κ2) is 14.4. The largest absolute Gasteiger partial charge is 0.400 e. The van der Waals surface area contributed by atoms with Crippen LogP contribution in [0.5, 0.6) is 0 Å². The number of fused-ring (bicyclic) bond motifs is 16. The van der Waals surface area contributed by atoms with Crippen molar-refractivity contribution in [3.63, 3.8) is 0 Å². The number of anilines is 4. The van der Waals surface area contributed by atoms with Crippen molar-refractivity contribution in [1.29, 1.82) is 0 Å². The first-order valence-corrected chi connectivity index (χ1v) is 28.6. The van der Waals surface area contributed by atoms with Crippen LogP contribution in [0.2, 0.25) is 0 Å². The summed E-state index contributed by atoms with van der Waals surface area (Å²) < 4.78 is 2.74. The van der Waals surface area contributed by atoms with Crippen LogP contribution in [-0.2, 0) is 32.5 Å². The molecule has 0 bridgehead atoms. The second-order valence-corrected chi connectivity index (χ2v) is 28.9. The van der Waals surface area contributed by atoms with Crippen molar-refractivity contribution < 1.29 is 0 Å². The maximum Gasteiger partial charge on any atom is 0.328 e. The lowest BCUT2D eigenvalue weighted by Gasteiger charge is -2.55. The monoisotopic (exact) mass is 973 g/mol. The van der Waals surface area contributed by atoms with Gasteiger partial charge in [-0.3, -0.25) is 0 Å². The van der Waals surface area contributed by atoms with E-state index < -0.39 is 0 Å². The predicted octanol–water partition coefficient (Wildman–Crippen LogP) is 18.0. The lowest BCUT2D eigenvalue weighted by Crippen LogP contribution is -2.71. The molecule has 2 unspecified atom stereocenters. The van der Waals surface area contributed by atoms with Gasteiger partial charge in [0.2, 0.25) is 0 Å². The minimum Gasteiger partial charge on any atom is -0.400 e. The van der Waals surface area contributed by atoms with E-state index in [1.54, 1.807) is 16.7 Å². The third-order valence-electron chi connectivity index (χ3n) is 20.3. The summed E-state index contributed by atoms with van der Waals surface area (Å²) in [5, 5.41) is 2.81. The summed E-state index contributed by atoms with van der Waals surface area (Å²) in [5.74, 6) is 0. The Morgan fingerprint density at radius 3 is 1.92 bits per heavy atom. The molecule has 8 aromatic rings. The average Bonchev–Trinajstić information content (AvgIpc) is 3.92. The summed E-state index contributed by atoms with van der Waals surface area (Å²) in [7, 11) is 0. The van der Waals surface area contributed by atoms with Gasteiger partial charge in [0, 0.05) is 64.7 Å². The van der Waals surface area contributed by atoms with Gasteiger partial charge in [-0.15, -0.1) is 11.3 Å². The first kappa shape index (κ1) is 46.0. The zero-order valence-electron chi connectivity index (χ0n) is 46.1. The fraction of sp³-hybridized carbons (Fsp3) is 0.391. The zero-order chi connectivity index (χ0) is 50.9. The molecule has 7 aromatic carbocycles. The Hall–Kier alpha value is -5.58. The summed E-state index contributed by atoms with van der Waals surface area (Å²) in [6, 6.07) is 46.7. The Morgan fingerprint density at radius 1 is 0.521 bits per heavy atom. The highest BCUT2D eigenvalue weighted by molar-refractivity contribution is 7.26. The van der Waals surface area contributed by atoms with E-state index >= 15 is 0 Å². The van der Waals surface area contributed by atoms with Gasteiger partial charge in [0.25, 0.3) is 0 Å². The summed E-state index contributed by atoms with van der Waals surface area (Å²) in [6.07, 6.45) is 7.31. The van der Waals surface area contributed by atoms with Gasteiger partial charge >= 0.3 is 6.85 Å². The lowest BCUT2D eigenvalue weighted by atomic mass is 9.41. The van der Waals surface area contributed by atoms with E-state index in [1.165, 1.54) is 148 Å². The Kier molecular flexibility index (Phi) is 9.08. The number of benzene rings is 7. The predicted molar refractivity (Wildman–Crippen MR) is 317 cm³/mol. The highest BCUT2D eigenvalue weighted by Crippen LogP contribution is 2.66. The molecular weight excluding hydrogens is 900 g/mol. The molecular formula is C69H73BN2S. The zero-order valence-corrected chi connectivity index (χ0v) is 46.9. The second-order valence-electron chi connectivity index (χ2n) is 27.9. The molecule has 0 amide bonds. The molecule has 4 heterocycles. The fourth-order valence-corrected chi connectivity index (χ4v) is 16.9. The Morgan fingerprint density at radius 2 is 1.19 bits per heavy atom. The molecule has 6 aliphatic rings. The summed E-state index contributed by atoms with van der Waals surface area (Å²) in [4.78, 5) is 5.90. The van der Waals surface area contributed by atoms with E-state index in [1.807, 2.05) is 11.3 Å². The maximum absolute atomic E-state index is 3.07. The molecule has 0 saturated heterocycles. The lowest BCUT2D eigenvalue weighted by molar-refractivity contribution is 0.199. The van der Waals surface area contributed by atoms with E-state index in [0.29, 0.717) is 0 Å². The van der Waals surface area contributed by atoms with Gasteiger partial charge in [0.05, 0.1) is 5.69 Å². The standard InChI is InChI=1S/C69H73BN2S/c1-63(2,3)41-26-29-53(45(34-41)40-22-16-15-17-23-40)71-54-39-56-57(44-24-18-19-25-55(44)73-56)58-47-35-42(64(4,5)6)36-51-61(47)72(69(14)31-21-20-30-68(51,69)13)70(60(54)58)52-28-27-43-46-37-49-50(66(9,10)33-32-65(49,7)8)38-48(46)67(11,12)59(43)62(52)71/h15-19,22-29,34-39H,20-21,30-33H2,1-14H3. The van der Waals surface area contributed by atoms with Gasteiger partial charge in [0.15, 0.2) is 0 Å². The average molecular weight is 973 g/mol. The van der Waals surface area contributed by atoms with Crippen LogP contribution >= 0.6 is 11.3 Å². The van der Waals surface area contributed by atoms with Crippen LogP contribution in [0, 0.1) is 0 Å². The van der Waals surface area contributed by atoms with Gasteiger partial charge in [-0.1, -0.05) is 182 Å². The van der Waals surface area contributed by atoms with Crippen LogP contribution in [0.4, 0.5) is 22.7 Å². The van der Waals surface area contributed by atoms with Gasteiger partial charge in [-0.2, -0.15) is 0 Å². The first-order valence-electron chi connectivity index (χ1n) is 27.8. The molecule has 1 aromatic heterocycles. The van der Waals surface area contributed by atoms with E-state index in [0.717, 1.165) is 0 Å². The molecule has 1 saturated carbocycles. The number of thiophene rings is 1. The van der Waals surface area contributed by atoms with Crippen LogP contribution < -0.4 is 20.6 Å². The Balaban J connectivity index is 1.18. The molecule has 73 heavy (non-hydrogen) atoms. The van der Waals surface area contributed by atoms with Gasteiger partial charge in [-0.05, 0) is 163 Å². The molecule has 2 nitrogen and oxygen atoms in total. The topological polar surface area (TPSA) is 6.48 Å². The third kappa shape index (κ3) is 5.89. The molecule has 3 aliphatic carbocycles. The smallest absolute Gasteiger partial charge is 0.328 e. The number of nitrogens with zero attached hydrogens (tertiary/aromatic N) is 2. The van der Waals surface area contributed by atoms with Crippen LogP contribution in [0.3, 0.4) is 0 Å². The summed E-state index contributed by atoms with van der Waals surface area (Å²) >= 11 is 1.99. The third-order valence-corrected chi connectivity index (χ3v) is 21.5. The van der Waals surface area contributed by atoms with Crippen molar-refractivity contribution in [1.82, 2.24) is 0 Å². The number of hydrogen-bond donors (Lipinski definition) is 0. The summed E-state index contributed by atoms with van der Waals surface area (Å²) in [6.45, 7) is 34.9. The minimum absolute atomic E-state index is 0.0138. The minimum atomic E-state index is -0.283. The molecule has 368 valence electrons. The van der Waals surface area contributed by atoms with Crippen LogP contribution in [-0.4, -0.2) is 12.4 Å². The molecule has 0 N–H and O–H groups in total. The van der Waals surface area contributed by atoms with Crippen molar-refractivity contribution in [2.45, 2.75) is 173 Å². The van der Waals surface area contributed by atoms with Crippen molar-refractivity contribution in [2.24, 2.45) is 0 Å². The maximum atomic E-state index is 3.07. The van der Waals surface area contributed by atoms with Crippen LogP contribution in [0.1, 0.15) is 174 Å². The van der Waals surface area contributed by atoms with Crippen molar-refractivity contribution >= 4 is 72.0 Å². The molecule has 2 atom stereocenters. The van der Waals surface area contributed by atoms with Crippen molar-refractivity contribution in [2.75, 3.05) is 9.71 Å². The fourth-order valence-electron chi connectivity index (χ4n) is 15.8.